The molecule has 0 saturated heterocycles. The smallest absolute Gasteiger partial charge is 0.303 e. The number of carboxylic acids is 1. The van der Waals surface area contributed by atoms with Gasteiger partial charge in [-0.1, -0.05) is 30.3 Å². The number of benzene rings is 2. The number of aryl methyl sites for hydroxylation is 1. The first-order valence-corrected chi connectivity index (χ1v) is 7.31. The van der Waals surface area contributed by atoms with Gasteiger partial charge in [-0.3, -0.25) is 4.79 Å². The third kappa shape index (κ3) is 3.07. The van der Waals surface area contributed by atoms with E-state index in [1.165, 1.54) is 22.3 Å². The molecule has 0 amide bonds. The van der Waals surface area contributed by atoms with Crippen LogP contribution in [0.3, 0.4) is 0 Å². The van der Waals surface area contributed by atoms with E-state index in [1.807, 2.05) is 24.3 Å². The van der Waals surface area contributed by atoms with Gasteiger partial charge in [0.15, 0.2) is 0 Å². The number of anilines is 1. The van der Waals surface area contributed by atoms with Crippen molar-refractivity contribution >= 4 is 11.7 Å². The number of nitrogen functional groups attached to an aromatic ring is 1. The highest BCUT2D eigenvalue weighted by Crippen LogP contribution is 2.31. The molecular weight excluding hydrogens is 262 g/mol. The van der Waals surface area contributed by atoms with E-state index >= 15 is 0 Å². The molecule has 0 aromatic heterocycles. The number of hydrogen-bond acceptors (Lipinski definition) is 2. The lowest BCUT2D eigenvalue weighted by Gasteiger charge is -2.24. The van der Waals surface area contributed by atoms with Crippen molar-refractivity contribution in [3.8, 4) is 11.1 Å². The average Bonchev–Trinajstić information content (AvgIpc) is 2.47. The average molecular weight is 281 g/mol. The molecule has 3 rings (SSSR count). The molecule has 0 fully saturated rings. The van der Waals surface area contributed by atoms with Gasteiger partial charge in [-0.05, 0) is 59.6 Å². The minimum atomic E-state index is -0.693. The lowest BCUT2D eigenvalue weighted by molar-refractivity contribution is -0.138. The standard InChI is InChI=1S/C18H19NO2/c19-17-7-5-13(6-8-17)15-4-3-14-9-12(10-18(20)21)1-2-16(14)11-15/h3-8,11-12H,1-2,9-10,19H2,(H,20,21). The molecule has 1 atom stereocenters. The maximum atomic E-state index is 10.8. The van der Waals surface area contributed by atoms with Crippen LogP contribution in [-0.2, 0) is 17.6 Å². The van der Waals surface area contributed by atoms with E-state index < -0.39 is 5.97 Å². The summed E-state index contributed by atoms with van der Waals surface area (Å²) in [4.78, 5) is 10.8. The highest BCUT2D eigenvalue weighted by molar-refractivity contribution is 5.68. The fraction of sp³-hybridized carbons (Fsp3) is 0.278. The van der Waals surface area contributed by atoms with Crippen molar-refractivity contribution in [1.29, 1.82) is 0 Å². The molecule has 108 valence electrons. The summed E-state index contributed by atoms with van der Waals surface area (Å²) in [5.41, 5.74) is 11.5. The van der Waals surface area contributed by atoms with Gasteiger partial charge in [-0.2, -0.15) is 0 Å². The van der Waals surface area contributed by atoms with Gasteiger partial charge in [0.05, 0.1) is 0 Å². The second-order valence-corrected chi connectivity index (χ2v) is 5.81. The van der Waals surface area contributed by atoms with Crippen molar-refractivity contribution in [2.24, 2.45) is 5.92 Å². The molecule has 21 heavy (non-hydrogen) atoms. The largest absolute Gasteiger partial charge is 0.481 e. The predicted molar refractivity (Wildman–Crippen MR) is 84.1 cm³/mol. The third-order valence-corrected chi connectivity index (χ3v) is 4.24. The summed E-state index contributed by atoms with van der Waals surface area (Å²) >= 11 is 0. The Kier molecular flexibility index (Phi) is 3.65. The van der Waals surface area contributed by atoms with E-state index in [-0.39, 0.29) is 12.3 Å². The van der Waals surface area contributed by atoms with E-state index in [0.29, 0.717) is 0 Å². The van der Waals surface area contributed by atoms with Crippen molar-refractivity contribution in [3.63, 3.8) is 0 Å². The maximum absolute atomic E-state index is 10.8. The first-order chi connectivity index (χ1) is 10.1. The van der Waals surface area contributed by atoms with Gasteiger partial charge < -0.3 is 10.8 Å². The zero-order valence-electron chi connectivity index (χ0n) is 11.9. The normalized spacial score (nSPS) is 17.2. The van der Waals surface area contributed by atoms with Crippen LogP contribution in [0.5, 0.6) is 0 Å². The van der Waals surface area contributed by atoms with Crippen LogP contribution in [0.4, 0.5) is 5.69 Å². The number of aliphatic carboxylic acids is 1. The van der Waals surface area contributed by atoms with Crippen LogP contribution in [0.1, 0.15) is 24.0 Å². The van der Waals surface area contributed by atoms with Crippen molar-refractivity contribution < 1.29 is 9.90 Å². The minimum absolute atomic E-state index is 0.275. The van der Waals surface area contributed by atoms with Gasteiger partial charge in [0, 0.05) is 12.1 Å². The Hall–Kier alpha value is -2.29. The molecule has 0 spiro atoms. The zero-order valence-corrected chi connectivity index (χ0v) is 11.9. The highest BCUT2D eigenvalue weighted by atomic mass is 16.4. The second kappa shape index (κ2) is 5.60. The maximum Gasteiger partial charge on any atom is 0.303 e. The first kappa shape index (κ1) is 13.7. The van der Waals surface area contributed by atoms with E-state index in [0.717, 1.165) is 24.9 Å². The Labute approximate surface area is 124 Å². The second-order valence-electron chi connectivity index (χ2n) is 5.81. The number of rotatable bonds is 3. The van der Waals surface area contributed by atoms with Crippen LogP contribution >= 0.6 is 0 Å². The summed E-state index contributed by atoms with van der Waals surface area (Å²) < 4.78 is 0. The highest BCUT2D eigenvalue weighted by Gasteiger charge is 2.21. The molecule has 1 aliphatic carbocycles. The quantitative estimate of drug-likeness (QED) is 0.846. The molecule has 0 aliphatic heterocycles. The van der Waals surface area contributed by atoms with E-state index in [1.54, 1.807) is 0 Å². The first-order valence-electron chi connectivity index (χ1n) is 7.31. The zero-order chi connectivity index (χ0) is 14.8. The molecule has 0 saturated carbocycles. The van der Waals surface area contributed by atoms with Gasteiger partial charge in [0.2, 0.25) is 0 Å². The Morgan fingerprint density at radius 3 is 2.52 bits per heavy atom. The van der Waals surface area contributed by atoms with Crippen LogP contribution in [-0.4, -0.2) is 11.1 Å². The summed E-state index contributed by atoms with van der Waals surface area (Å²) in [5, 5.41) is 8.92. The van der Waals surface area contributed by atoms with Gasteiger partial charge in [-0.25, -0.2) is 0 Å². The summed E-state index contributed by atoms with van der Waals surface area (Å²) in [6.07, 6.45) is 3.09. The predicted octanol–water partition coefficient (Wildman–Crippen LogP) is 3.52. The Balaban J connectivity index is 1.83. The molecule has 1 aliphatic rings. The lowest BCUT2D eigenvalue weighted by Crippen LogP contribution is -2.17. The van der Waals surface area contributed by atoms with Gasteiger partial charge in [-0.15, -0.1) is 0 Å². The summed E-state index contributed by atoms with van der Waals surface area (Å²) in [6, 6.07) is 14.4. The van der Waals surface area contributed by atoms with Crippen molar-refractivity contribution in [3.05, 3.63) is 53.6 Å². The van der Waals surface area contributed by atoms with Gasteiger partial charge in [0.1, 0.15) is 0 Å². The Bertz CT molecular complexity index is 661. The molecule has 2 aromatic carbocycles. The molecule has 3 heteroatoms. The number of nitrogens with two attached hydrogens (primary N) is 1. The van der Waals surface area contributed by atoms with E-state index in [9.17, 15) is 4.79 Å². The summed E-state index contributed by atoms with van der Waals surface area (Å²) in [5.74, 6) is -0.417. The molecule has 3 nitrogen and oxygen atoms in total. The molecule has 3 N–H and O–H groups in total. The van der Waals surface area contributed by atoms with E-state index in [2.05, 4.69) is 18.2 Å². The molecule has 2 aromatic rings. The minimum Gasteiger partial charge on any atom is -0.481 e. The number of fused-ring (bicyclic) bond motifs is 1. The SMILES string of the molecule is Nc1ccc(-c2ccc3c(c2)CCC(CC(=O)O)C3)cc1. The van der Waals surface area contributed by atoms with Crippen molar-refractivity contribution in [2.75, 3.05) is 5.73 Å². The topological polar surface area (TPSA) is 63.3 Å². The van der Waals surface area contributed by atoms with Gasteiger partial charge >= 0.3 is 5.97 Å². The van der Waals surface area contributed by atoms with Gasteiger partial charge in [0.25, 0.3) is 0 Å². The molecule has 1 unspecified atom stereocenters. The number of carbonyl (C=O) groups is 1. The van der Waals surface area contributed by atoms with Crippen LogP contribution in [0.15, 0.2) is 42.5 Å². The van der Waals surface area contributed by atoms with Crippen molar-refractivity contribution in [2.45, 2.75) is 25.7 Å². The lowest BCUT2D eigenvalue weighted by atomic mass is 9.81. The van der Waals surface area contributed by atoms with Crippen LogP contribution in [0, 0.1) is 5.92 Å². The number of hydrogen-bond donors (Lipinski definition) is 2. The van der Waals surface area contributed by atoms with Crippen LogP contribution < -0.4 is 5.73 Å². The van der Waals surface area contributed by atoms with Crippen LogP contribution in [0.2, 0.25) is 0 Å². The fourth-order valence-corrected chi connectivity index (χ4v) is 3.11. The molecule has 0 radical (unpaired) electrons. The van der Waals surface area contributed by atoms with E-state index in [4.69, 9.17) is 10.8 Å². The molecule has 0 bridgehead atoms. The molecule has 0 heterocycles. The fourth-order valence-electron chi connectivity index (χ4n) is 3.11. The third-order valence-electron chi connectivity index (χ3n) is 4.24. The monoisotopic (exact) mass is 281 g/mol. The Morgan fingerprint density at radius 2 is 1.81 bits per heavy atom. The summed E-state index contributed by atoms with van der Waals surface area (Å²) in [7, 11) is 0. The van der Waals surface area contributed by atoms with Crippen molar-refractivity contribution in [1.82, 2.24) is 0 Å². The summed E-state index contributed by atoms with van der Waals surface area (Å²) in [6.45, 7) is 0. The molecular formula is C18H19NO2. The Morgan fingerprint density at radius 1 is 1.10 bits per heavy atom. The number of carboxylic acid groups (broad SMARTS) is 1. The van der Waals surface area contributed by atoms with Crippen LogP contribution in [0.25, 0.3) is 11.1 Å².